The second kappa shape index (κ2) is 6.43. The van der Waals surface area contributed by atoms with Gasteiger partial charge in [-0.25, -0.2) is 9.69 Å². The van der Waals surface area contributed by atoms with Crippen molar-refractivity contribution in [3.8, 4) is 0 Å². The van der Waals surface area contributed by atoms with E-state index in [9.17, 15) is 19.6 Å². The molecule has 1 aromatic heterocycles. The van der Waals surface area contributed by atoms with Crippen molar-refractivity contribution in [2.45, 2.75) is 6.92 Å². The van der Waals surface area contributed by atoms with Gasteiger partial charge in [0.25, 0.3) is 11.8 Å². The molecule has 10 nitrogen and oxygen atoms in total. The van der Waals surface area contributed by atoms with Gasteiger partial charge in [-0.3, -0.25) is 14.7 Å². The first kappa shape index (κ1) is 16.8. The number of anilines is 1. The van der Waals surface area contributed by atoms with Crippen LogP contribution in [0.2, 0.25) is 0 Å². The average Bonchev–Trinajstić information content (AvgIpc) is 3.15. The highest BCUT2D eigenvalue weighted by molar-refractivity contribution is 6.35. The molecule has 2 aromatic rings. The number of imide groups is 1. The molecule has 0 bridgehead atoms. The summed E-state index contributed by atoms with van der Waals surface area (Å²) in [6.45, 7) is 1.75. The molecule has 3 N–H and O–H groups in total. The molecule has 0 radical (unpaired) electrons. The molecule has 10 heteroatoms. The van der Waals surface area contributed by atoms with Gasteiger partial charge in [-0.1, -0.05) is 0 Å². The number of aromatic nitrogens is 2. The van der Waals surface area contributed by atoms with Gasteiger partial charge in [0.15, 0.2) is 17.1 Å². The molecule has 1 aliphatic heterocycles. The normalized spacial score (nSPS) is 14.6. The summed E-state index contributed by atoms with van der Waals surface area (Å²) in [4.78, 5) is 42.6. The standard InChI is InChI=1S/C15H14N4O6/c1-3-25-15(22)12-10-11(16-17-12)14(21)18(13(10)20)8-4-6-9(7-5-8)19(23)24-2/h4-7,23H,3H2,1-2H3,(H,16,17)/p+1. The molecule has 0 spiro atoms. The number of amides is 2. The molecule has 2 amide bonds. The van der Waals surface area contributed by atoms with Crippen molar-refractivity contribution in [2.75, 3.05) is 18.6 Å². The average molecular weight is 347 g/mol. The van der Waals surface area contributed by atoms with Gasteiger partial charge in [-0.2, -0.15) is 15.1 Å². The summed E-state index contributed by atoms with van der Waals surface area (Å²) in [6, 6.07) is 5.92. The monoisotopic (exact) mass is 347 g/mol. The highest BCUT2D eigenvalue weighted by Crippen LogP contribution is 2.29. The van der Waals surface area contributed by atoms with Gasteiger partial charge in [0, 0.05) is 12.1 Å². The van der Waals surface area contributed by atoms with Crippen LogP contribution in [-0.2, 0) is 9.57 Å². The van der Waals surface area contributed by atoms with Gasteiger partial charge in [-0.15, -0.1) is 0 Å². The molecule has 3 rings (SSSR count). The molecule has 0 saturated heterocycles. The Morgan fingerprint density at radius 3 is 2.56 bits per heavy atom. The maximum Gasteiger partial charge on any atom is 0.357 e. The quantitative estimate of drug-likeness (QED) is 0.390. The zero-order valence-corrected chi connectivity index (χ0v) is 13.4. The molecule has 0 saturated carbocycles. The second-order valence-electron chi connectivity index (χ2n) is 5.04. The number of quaternary nitrogens is 1. The van der Waals surface area contributed by atoms with Gasteiger partial charge < -0.3 is 4.74 Å². The number of ether oxygens (including phenoxy) is 1. The molecule has 0 fully saturated rings. The minimum Gasteiger partial charge on any atom is -0.461 e. The van der Waals surface area contributed by atoms with Crippen LogP contribution in [-0.4, -0.2) is 46.9 Å². The van der Waals surface area contributed by atoms with Crippen molar-refractivity contribution in [1.29, 1.82) is 0 Å². The van der Waals surface area contributed by atoms with Crippen molar-refractivity contribution in [2.24, 2.45) is 0 Å². The Morgan fingerprint density at radius 1 is 1.28 bits per heavy atom. The van der Waals surface area contributed by atoms with Crippen molar-refractivity contribution < 1.29 is 34.4 Å². The van der Waals surface area contributed by atoms with Crippen LogP contribution >= 0.6 is 0 Å². The Morgan fingerprint density at radius 2 is 1.96 bits per heavy atom. The molecule has 1 aliphatic rings. The first-order valence-corrected chi connectivity index (χ1v) is 7.34. The zero-order valence-electron chi connectivity index (χ0n) is 13.4. The van der Waals surface area contributed by atoms with Crippen LogP contribution in [0.5, 0.6) is 0 Å². The predicted octanol–water partition coefficient (Wildman–Crippen LogP) is -0.146. The van der Waals surface area contributed by atoms with E-state index in [1.54, 1.807) is 6.92 Å². The molecule has 1 atom stereocenters. The summed E-state index contributed by atoms with van der Waals surface area (Å²) in [5.41, 5.74) is 0.258. The fourth-order valence-electron chi connectivity index (χ4n) is 2.47. The SMILES string of the molecule is CCOC(=O)c1[nH]nc2c1C(=O)N(c1ccc([NH+](O)OC)cc1)C2=O. The van der Waals surface area contributed by atoms with E-state index in [0.717, 1.165) is 4.90 Å². The van der Waals surface area contributed by atoms with Crippen molar-refractivity contribution in [1.82, 2.24) is 10.2 Å². The van der Waals surface area contributed by atoms with E-state index < -0.39 is 17.8 Å². The van der Waals surface area contributed by atoms with Crippen LogP contribution in [0.1, 0.15) is 38.3 Å². The summed E-state index contributed by atoms with van der Waals surface area (Å²) in [5, 5.41) is 15.4. The van der Waals surface area contributed by atoms with Gasteiger partial charge in [0.2, 0.25) is 0 Å². The largest absolute Gasteiger partial charge is 0.461 e. The summed E-state index contributed by atoms with van der Waals surface area (Å²) < 4.78 is 4.85. The van der Waals surface area contributed by atoms with Crippen molar-refractivity contribution in [3.63, 3.8) is 0 Å². The number of rotatable bonds is 5. The molecule has 25 heavy (non-hydrogen) atoms. The second-order valence-corrected chi connectivity index (χ2v) is 5.04. The molecular weight excluding hydrogens is 332 g/mol. The van der Waals surface area contributed by atoms with E-state index in [1.807, 2.05) is 0 Å². The molecular formula is C15H15N4O6+. The molecule has 2 heterocycles. The lowest BCUT2D eigenvalue weighted by molar-refractivity contribution is -1.19. The summed E-state index contributed by atoms with van der Waals surface area (Å²) in [6.07, 6.45) is 0. The maximum atomic E-state index is 12.6. The number of fused-ring (bicyclic) bond motifs is 1. The Kier molecular flexibility index (Phi) is 4.31. The molecule has 0 aliphatic carbocycles. The number of nitrogens with one attached hydrogen (secondary N) is 2. The third-order valence-electron chi connectivity index (χ3n) is 3.63. The van der Waals surface area contributed by atoms with Crippen molar-refractivity contribution >= 4 is 29.2 Å². The predicted molar refractivity (Wildman–Crippen MR) is 81.5 cm³/mol. The van der Waals surface area contributed by atoms with E-state index in [-0.39, 0.29) is 34.5 Å². The number of carbonyl (C=O) groups excluding carboxylic acids is 3. The maximum absolute atomic E-state index is 12.6. The lowest BCUT2D eigenvalue weighted by Gasteiger charge is -2.14. The summed E-state index contributed by atoms with van der Waals surface area (Å²) >= 11 is 0. The number of hydrogen-bond acceptors (Lipinski definition) is 7. The fourth-order valence-corrected chi connectivity index (χ4v) is 2.47. The van der Waals surface area contributed by atoms with Crippen LogP contribution in [0.3, 0.4) is 0 Å². The number of H-pyrrole nitrogens is 1. The minimum absolute atomic E-state index is 0.112. The zero-order chi connectivity index (χ0) is 18.1. The third-order valence-corrected chi connectivity index (χ3v) is 3.63. The Hall–Kier alpha value is -3.08. The minimum atomic E-state index is -0.755. The number of aromatic amines is 1. The lowest BCUT2D eigenvalue weighted by Crippen LogP contribution is -3.03. The number of carbonyl (C=O) groups is 3. The van der Waals surface area contributed by atoms with E-state index in [1.165, 1.54) is 31.4 Å². The molecule has 1 aromatic carbocycles. The molecule has 130 valence electrons. The number of nitrogens with zero attached hydrogens (tertiary/aromatic N) is 2. The Labute approximate surface area is 141 Å². The van der Waals surface area contributed by atoms with Crippen LogP contribution in [0.25, 0.3) is 0 Å². The van der Waals surface area contributed by atoms with Crippen LogP contribution < -0.4 is 10.1 Å². The Balaban J connectivity index is 1.94. The number of esters is 1. The third kappa shape index (κ3) is 2.67. The van der Waals surface area contributed by atoms with Gasteiger partial charge in [-0.05, 0) is 24.3 Å². The highest BCUT2D eigenvalue weighted by Gasteiger charge is 2.43. The van der Waals surface area contributed by atoms with Gasteiger partial charge in [0.1, 0.15) is 12.7 Å². The smallest absolute Gasteiger partial charge is 0.357 e. The van der Waals surface area contributed by atoms with E-state index >= 15 is 0 Å². The van der Waals surface area contributed by atoms with Gasteiger partial charge in [0.05, 0.1) is 12.3 Å². The fraction of sp³-hybridized carbons (Fsp3) is 0.200. The van der Waals surface area contributed by atoms with Gasteiger partial charge >= 0.3 is 5.97 Å². The van der Waals surface area contributed by atoms with Crippen LogP contribution in [0.4, 0.5) is 11.4 Å². The summed E-state index contributed by atoms with van der Waals surface area (Å²) in [5.74, 6) is -2.08. The van der Waals surface area contributed by atoms with E-state index in [4.69, 9.17) is 9.57 Å². The number of hydrogen-bond donors (Lipinski definition) is 3. The van der Waals surface area contributed by atoms with E-state index in [0.29, 0.717) is 5.69 Å². The highest BCUT2D eigenvalue weighted by atomic mass is 16.9. The Bertz CT molecular complexity index is 844. The van der Waals surface area contributed by atoms with Crippen molar-refractivity contribution in [3.05, 3.63) is 41.2 Å². The molecule has 1 unspecified atom stereocenters. The van der Waals surface area contributed by atoms with Crippen LogP contribution in [0, 0.1) is 0 Å². The van der Waals surface area contributed by atoms with E-state index in [2.05, 4.69) is 10.2 Å². The van der Waals surface area contributed by atoms with Crippen LogP contribution in [0.15, 0.2) is 24.3 Å². The first-order chi connectivity index (χ1) is 12.0. The summed E-state index contributed by atoms with van der Waals surface area (Å²) in [7, 11) is 1.31. The topological polar surface area (TPSA) is 126 Å². The first-order valence-electron chi connectivity index (χ1n) is 7.34. The lowest BCUT2D eigenvalue weighted by atomic mass is 10.2. The number of benzene rings is 1.